The van der Waals surface area contributed by atoms with Gasteiger partial charge in [-0.15, -0.1) is 10.2 Å². The number of alkyl halides is 6. The van der Waals surface area contributed by atoms with Crippen molar-refractivity contribution in [1.29, 1.82) is 0 Å². The summed E-state index contributed by atoms with van der Waals surface area (Å²) < 4.78 is 94.8. The first-order valence-corrected chi connectivity index (χ1v) is 10.8. The van der Waals surface area contributed by atoms with E-state index in [1.807, 2.05) is 0 Å². The molecule has 4 nitrogen and oxygen atoms in total. The third kappa shape index (κ3) is 5.70. The molecular formula is C25H19F7N4. The van der Waals surface area contributed by atoms with Crippen molar-refractivity contribution >= 4 is 11.5 Å². The molecule has 0 radical (unpaired) electrons. The minimum absolute atomic E-state index is 0.0369. The van der Waals surface area contributed by atoms with Crippen LogP contribution in [0.15, 0.2) is 48.5 Å². The van der Waals surface area contributed by atoms with Crippen LogP contribution in [0.2, 0.25) is 0 Å². The molecule has 0 amide bonds. The second kappa shape index (κ2) is 9.68. The zero-order chi connectivity index (χ0) is 26.1. The van der Waals surface area contributed by atoms with Gasteiger partial charge in [-0.1, -0.05) is 12.0 Å². The van der Waals surface area contributed by atoms with E-state index >= 15 is 0 Å². The molecule has 1 unspecified atom stereocenters. The topological polar surface area (TPSA) is 55.0 Å². The molecule has 1 aliphatic heterocycles. The Kier molecular flexibility index (Phi) is 6.80. The average Bonchev–Trinajstić information content (AvgIpc) is 2.98. The van der Waals surface area contributed by atoms with Gasteiger partial charge in [-0.3, -0.25) is 0 Å². The lowest BCUT2D eigenvalue weighted by atomic mass is 9.88. The summed E-state index contributed by atoms with van der Waals surface area (Å²) >= 11 is 0. The van der Waals surface area contributed by atoms with Gasteiger partial charge in [0.05, 0.1) is 17.7 Å². The molecule has 2 aromatic carbocycles. The lowest BCUT2D eigenvalue weighted by Gasteiger charge is -2.28. The van der Waals surface area contributed by atoms with Crippen LogP contribution in [0.5, 0.6) is 0 Å². The van der Waals surface area contributed by atoms with E-state index in [2.05, 4.69) is 22.0 Å². The summed E-state index contributed by atoms with van der Waals surface area (Å²) in [6, 6.07) is 8.84. The number of aromatic nitrogens is 2. The number of rotatable bonds is 2. The number of halogens is 7. The fourth-order valence-electron chi connectivity index (χ4n) is 4.22. The van der Waals surface area contributed by atoms with Gasteiger partial charge in [-0.05, 0) is 72.4 Å². The Bertz CT molecular complexity index is 1310. The predicted molar refractivity (Wildman–Crippen MR) is 119 cm³/mol. The molecular weight excluding hydrogens is 489 g/mol. The van der Waals surface area contributed by atoms with Crippen molar-refractivity contribution in [3.63, 3.8) is 0 Å². The smallest absolute Gasteiger partial charge is 0.382 e. The van der Waals surface area contributed by atoms with Crippen LogP contribution in [0.1, 0.15) is 40.3 Å². The summed E-state index contributed by atoms with van der Waals surface area (Å²) in [5.74, 6) is 4.62. The second-order valence-corrected chi connectivity index (χ2v) is 8.33. The fraction of sp³-hybridized carbons (Fsp3) is 0.280. The maximum Gasteiger partial charge on any atom is 0.416 e. The van der Waals surface area contributed by atoms with Gasteiger partial charge in [-0.25, -0.2) is 4.39 Å². The van der Waals surface area contributed by atoms with Crippen molar-refractivity contribution < 1.29 is 30.7 Å². The molecule has 0 fully saturated rings. The predicted octanol–water partition coefficient (Wildman–Crippen LogP) is 5.82. The fourth-order valence-corrected chi connectivity index (χ4v) is 4.22. The highest BCUT2D eigenvalue weighted by Gasteiger charge is 2.40. The van der Waals surface area contributed by atoms with Gasteiger partial charge < -0.3 is 10.6 Å². The normalized spacial score (nSPS) is 16.1. The Morgan fingerprint density at radius 3 is 2.39 bits per heavy atom. The highest BCUT2D eigenvalue weighted by atomic mass is 19.4. The number of nitrogen functional groups attached to an aromatic ring is 1. The van der Waals surface area contributed by atoms with E-state index in [1.54, 1.807) is 11.0 Å². The molecule has 1 aromatic heterocycles. The molecule has 3 aromatic rings. The summed E-state index contributed by atoms with van der Waals surface area (Å²) in [7, 11) is 0. The van der Waals surface area contributed by atoms with E-state index in [1.165, 1.54) is 24.3 Å². The number of anilines is 2. The van der Waals surface area contributed by atoms with E-state index in [-0.39, 0.29) is 43.4 Å². The number of nitrogens with two attached hydrogens (primary N) is 1. The molecule has 11 heteroatoms. The quantitative estimate of drug-likeness (QED) is 0.350. The van der Waals surface area contributed by atoms with Crippen molar-refractivity contribution in [2.45, 2.75) is 31.1 Å². The molecule has 2 heterocycles. The lowest BCUT2D eigenvalue weighted by Crippen LogP contribution is -2.29. The van der Waals surface area contributed by atoms with Crippen LogP contribution in [0.25, 0.3) is 0 Å². The van der Waals surface area contributed by atoms with Gasteiger partial charge in [0.25, 0.3) is 0 Å². The number of nitrogens with zero attached hydrogens (tertiary/aromatic N) is 3. The molecule has 4 rings (SSSR count). The van der Waals surface area contributed by atoms with Crippen LogP contribution in [0.3, 0.4) is 0 Å². The van der Waals surface area contributed by atoms with Crippen LogP contribution >= 0.6 is 0 Å². The van der Waals surface area contributed by atoms with Gasteiger partial charge in [0.1, 0.15) is 17.3 Å². The van der Waals surface area contributed by atoms with Gasteiger partial charge in [-0.2, -0.15) is 26.3 Å². The maximum atomic E-state index is 13.9. The van der Waals surface area contributed by atoms with E-state index < -0.39 is 35.2 Å². The van der Waals surface area contributed by atoms with Crippen molar-refractivity contribution in [1.82, 2.24) is 10.2 Å². The molecule has 188 valence electrons. The maximum absolute atomic E-state index is 13.9. The van der Waals surface area contributed by atoms with Crippen molar-refractivity contribution in [2.75, 3.05) is 23.7 Å². The van der Waals surface area contributed by atoms with Crippen molar-refractivity contribution in [3.8, 4) is 11.8 Å². The zero-order valence-electron chi connectivity index (χ0n) is 18.6. The third-order valence-corrected chi connectivity index (χ3v) is 5.88. The molecule has 0 aliphatic carbocycles. The first-order valence-electron chi connectivity index (χ1n) is 10.8. The van der Waals surface area contributed by atoms with Crippen LogP contribution in [0, 0.1) is 17.7 Å². The third-order valence-electron chi connectivity index (χ3n) is 5.88. The Hall–Kier alpha value is -3.81. The van der Waals surface area contributed by atoms with Crippen LogP contribution in [0.4, 0.5) is 42.2 Å². The first-order chi connectivity index (χ1) is 16.9. The second-order valence-electron chi connectivity index (χ2n) is 8.33. The molecule has 36 heavy (non-hydrogen) atoms. The van der Waals surface area contributed by atoms with Gasteiger partial charge in [0.15, 0.2) is 0 Å². The average molecular weight is 508 g/mol. The summed E-state index contributed by atoms with van der Waals surface area (Å²) in [4.78, 5) is 1.70. The Balaban J connectivity index is 1.71. The largest absolute Gasteiger partial charge is 0.416 e. The van der Waals surface area contributed by atoms with E-state index in [9.17, 15) is 30.7 Å². The number of benzene rings is 2. The summed E-state index contributed by atoms with van der Waals surface area (Å²) in [5.41, 5.74) is 4.05. The highest BCUT2D eigenvalue weighted by Crippen LogP contribution is 2.42. The summed E-state index contributed by atoms with van der Waals surface area (Å²) in [5, 5.41) is 7.53. The number of fused-ring (bicyclic) bond motifs is 1. The van der Waals surface area contributed by atoms with E-state index in [0.717, 1.165) is 6.07 Å². The van der Waals surface area contributed by atoms with Gasteiger partial charge in [0, 0.05) is 18.2 Å². The number of hydrogen-bond donors (Lipinski definition) is 1. The Morgan fingerprint density at radius 1 is 0.944 bits per heavy atom. The van der Waals surface area contributed by atoms with Crippen molar-refractivity contribution in [2.24, 2.45) is 0 Å². The minimum Gasteiger partial charge on any atom is -0.382 e. The molecule has 0 spiro atoms. The summed E-state index contributed by atoms with van der Waals surface area (Å²) in [6.45, 7) is 0.0956. The Morgan fingerprint density at radius 2 is 1.72 bits per heavy atom. The molecule has 0 saturated carbocycles. The molecule has 2 N–H and O–H groups in total. The van der Waals surface area contributed by atoms with Gasteiger partial charge in [0.2, 0.25) is 0 Å². The first kappa shape index (κ1) is 25.3. The molecule has 1 aliphatic rings. The number of hydrogen-bond acceptors (Lipinski definition) is 4. The minimum atomic E-state index is -4.99. The zero-order valence-corrected chi connectivity index (χ0v) is 18.6. The standard InChI is InChI=1S/C25H19F7N4/c26-18-6-9-22-15(12-18)3-4-16(14-36(22)11-1-2-19-7-10-23(33)35-34-19)20-8-5-17(24(27,28)29)13-21(20)25(30,31)32/h5-10,12-13,16H,3-4,11,14H2,(H2,33,35). The molecule has 0 saturated heterocycles. The van der Waals surface area contributed by atoms with E-state index in [4.69, 9.17) is 5.73 Å². The monoisotopic (exact) mass is 508 g/mol. The molecule has 1 atom stereocenters. The molecule has 0 bridgehead atoms. The Labute approximate surface area is 201 Å². The lowest BCUT2D eigenvalue weighted by molar-refractivity contribution is -0.143. The van der Waals surface area contributed by atoms with Crippen LogP contribution in [-0.2, 0) is 18.8 Å². The highest BCUT2D eigenvalue weighted by molar-refractivity contribution is 5.57. The SMILES string of the molecule is Nc1ccc(C#CCN2CC(c3ccc(C(F)(F)F)cc3C(F)(F)F)CCc3cc(F)ccc32)nn1. The van der Waals surface area contributed by atoms with Crippen LogP contribution in [-0.4, -0.2) is 23.3 Å². The number of aryl methyl sites for hydroxylation is 1. The van der Waals surface area contributed by atoms with Crippen LogP contribution < -0.4 is 10.6 Å². The summed E-state index contributed by atoms with van der Waals surface area (Å²) in [6.07, 6.45) is -9.48. The van der Waals surface area contributed by atoms with Crippen molar-refractivity contribution in [3.05, 3.63) is 82.3 Å². The van der Waals surface area contributed by atoms with Gasteiger partial charge >= 0.3 is 12.4 Å². The van der Waals surface area contributed by atoms with E-state index in [0.29, 0.717) is 23.0 Å².